The summed E-state index contributed by atoms with van der Waals surface area (Å²) in [5, 5.41) is 10.3. The molecule has 4 heteroatoms. The zero-order valence-electron chi connectivity index (χ0n) is 6.74. The van der Waals surface area contributed by atoms with E-state index in [1.807, 2.05) is 6.92 Å². The maximum absolute atomic E-state index is 4.97. The zero-order valence-corrected chi connectivity index (χ0v) is 6.74. The molecule has 0 radical (unpaired) electrons. The number of aromatic amines is 1. The topological polar surface area (TPSA) is 50.3 Å². The van der Waals surface area contributed by atoms with Crippen LogP contribution < -0.4 is 0 Å². The summed E-state index contributed by atoms with van der Waals surface area (Å²) in [7, 11) is 0. The Balaban J connectivity index is 2.54. The summed E-state index contributed by atoms with van der Waals surface area (Å²) in [5.41, 5.74) is 1.55. The van der Waals surface area contributed by atoms with Gasteiger partial charge in [0.05, 0.1) is 5.69 Å². The highest BCUT2D eigenvalue weighted by molar-refractivity contribution is 5.96. The molecule has 0 atom stereocenters. The van der Waals surface area contributed by atoms with Crippen molar-refractivity contribution in [1.82, 2.24) is 10.2 Å². The summed E-state index contributed by atoms with van der Waals surface area (Å²) in [6.45, 7) is 2.00. The Morgan fingerprint density at radius 3 is 3.33 bits per heavy atom. The fourth-order valence-electron chi connectivity index (χ4n) is 0.673. The maximum Gasteiger partial charge on any atom is 0.177 e. The molecule has 0 spiro atoms. The smallest absolute Gasteiger partial charge is 0.177 e. The Morgan fingerprint density at radius 2 is 2.75 bits per heavy atom. The molecule has 0 fully saturated rings. The van der Waals surface area contributed by atoms with Gasteiger partial charge in [-0.15, -0.1) is 6.42 Å². The summed E-state index contributed by atoms with van der Waals surface area (Å²) >= 11 is 0. The Labute approximate surface area is 70.6 Å². The molecule has 0 unspecified atom stereocenters. The molecule has 62 valence electrons. The second kappa shape index (κ2) is 4.19. The Kier molecular flexibility index (Phi) is 2.91. The number of hydrogen-bond donors (Lipinski definition) is 1. The summed E-state index contributed by atoms with van der Waals surface area (Å²) in [6.07, 6.45) is 6.62. The second-order valence-corrected chi connectivity index (χ2v) is 2.12. The molecule has 0 amide bonds. The third-order valence-electron chi connectivity index (χ3n) is 1.24. The van der Waals surface area contributed by atoms with Gasteiger partial charge in [-0.3, -0.25) is 5.10 Å². The lowest BCUT2D eigenvalue weighted by Gasteiger charge is -1.94. The normalized spacial score (nSPS) is 10.8. The molecule has 1 rings (SSSR count). The van der Waals surface area contributed by atoms with E-state index in [4.69, 9.17) is 11.3 Å². The quantitative estimate of drug-likeness (QED) is 0.310. The molecule has 1 aromatic heterocycles. The third kappa shape index (κ3) is 2.13. The zero-order chi connectivity index (χ0) is 8.81. The molecule has 1 N–H and O–H groups in total. The molecule has 0 aliphatic carbocycles. The van der Waals surface area contributed by atoms with Gasteiger partial charge in [0.1, 0.15) is 5.71 Å². The van der Waals surface area contributed by atoms with Gasteiger partial charge in [0.15, 0.2) is 6.61 Å². The molecule has 1 heterocycles. The van der Waals surface area contributed by atoms with E-state index in [-0.39, 0.29) is 6.61 Å². The van der Waals surface area contributed by atoms with Crippen molar-refractivity contribution in [3.8, 4) is 12.3 Å². The van der Waals surface area contributed by atoms with Gasteiger partial charge in [-0.1, -0.05) is 11.1 Å². The fourth-order valence-corrected chi connectivity index (χ4v) is 0.673. The van der Waals surface area contributed by atoms with Crippen molar-refractivity contribution in [1.29, 1.82) is 0 Å². The van der Waals surface area contributed by atoms with Crippen LogP contribution in [-0.4, -0.2) is 22.5 Å². The van der Waals surface area contributed by atoms with E-state index in [0.717, 1.165) is 11.4 Å². The number of hydrogen-bond acceptors (Lipinski definition) is 3. The lowest BCUT2D eigenvalue weighted by molar-refractivity contribution is 0.180. The van der Waals surface area contributed by atoms with Crippen LogP contribution in [0.25, 0.3) is 0 Å². The largest absolute Gasteiger partial charge is 0.382 e. The highest BCUT2D eigenvalue weighted by Gasteiger charge is 1.96. The minimum Gasteiger partial charge on any atom is -0.382 e. The van der Waals surface area contributed by atoms with E-state index < -0.39 is 0 Å². The van der Waals surface area contributed by atoms with Gasteiger partial charge >= 0.3 is 0 Å². The van der Waals surface area contributed by atoms with Crippen molar-refractivity contribution in [2.75, 3.05) is 6.61 Å². The molecule has 0 bridgehead atoms. The molecular formula is C8H9N3O. The Hall–Kier alpha value is -1.76. The molecule has 0 saturated heterocycles. The van der Waals surface area contributed by atoms with Gasteiger partial charge in [0, 0.05) is 6.20 Å². The minimum absolute atomic E-state index is 0.186. The van der Waals surface area contributed by atoms with E-state index in [1.165, 1.54) is 0 Å². The Morgan fingerprint density at radius 1 is 1.92 bits per heavy atom. The van der Waals surface area contributed by atoms with Gasteiger partial charge in [-0.25, -0.2) is 0 Å². The van der Waals surface area contributed by atoms with Gasteiger partial charge in [0.25, 0.3) is 0 Å². The van der Waals surface area contributed by atoms with Crippen LogP contribution in [0.15, 0.2) is 17.4 Å². The molecule has 4 nitrogen and oxygen atoms in total. The average molecular weight is 163 g/mol. The van der Waals surface area contributed by atoms with Crippen molar-refractivity contribution in [3.63, 3.8) is 0 Å². The molecule has 0 aliphatic heterocycles. The summed E-state index contributed by atoms with van der Waals surface area (Å²) in [4.78, 5) is 4.77. The van der Waals surface area contributed by atoms with Crippen LogP contribution in [0.3, 0.4) is 0 Å². The van der Waals surface area contributed by atoms with Crippen LogP contribution in [0.4, 0.5) is 0 Å². The standard InChI is InChI=1S/C8H9N3O/c1-3-6-12-11-7(2)8-4-5-9-10-8/h1,4-5H,6H2,2H3,(H,9,10)/b11-7+. The van der Waals surface area contributed by atoms with Crippen molar-refractivity contribution in [3.05, 3.63) is 18.0 Å². The van der Waals surface area contributed by atoms with Crippen LogP contribution in [-0.2, 0) is 4.84 Å². The highest BCUT2D eigenvalue weighted by atomic mass is 16.6. The molecule has 1 aromatic rings. The molecule has 0 aromatic carbocycles. The number of oxime groups is 1. The van der Waals surface area contributed by atoms with Crippen LogP contribution in [0.1, 0.15) is 12.6 Å². The number of nitrogens with zero attached hydrogens (tertiary/aromatic N) is 2. The van der Waals surface area contributed by atoms with E-state index in [9.17, 15) is 0 Å². The van der Waals surface area contributed by atoms with E-state index in [0.29, 0.717) is 0 Å². The highest BCUT2D eigenvalue weighted by Crippen LogP contribution is 1.94. The predicted molar refractivity (Wildman–Crippen MR) is 45.6 cm³/mol. The van der Waals surface area contributed by atoms with E-state index in [1.54, 1.807) is 12.3 Å². The lowest BCUT2D eigenvalue weighted by atomic mass is 10.3. The first-order valence-corrected chi connectivity index (χ1v) is 3.44. The van der Waals surface area contributed by atoms with Crippen molar-refractivity contribution in [2.45, 2.75) is 6.92 Å². The van der Waals surface area contributed by atoms with Gasteiger partial charge in [-0.05, 0) is 13.0 Å². The number of terminal acetylenes is 1. The summed E-state index contributed by atoms with van der Waals surface area (Å²) in [5.74, 6) is 2.31. The minimum atomic E-state index is 0.186. The molecular weight excluding hydrogens is 154 g/mol. The lowest BCUT2D eigenvalue weighted by Crippen LogP contribution is -1.96. The third-order valence-corrected chi connectivity index (χ3v) is 1.24. The predicted octanol–water partition coefficient (Wildman–Crippen LogP) is 0.783. The van der Waals surface area contributed by atoms with Gasteiger partial charge in [0.2, 0.25) is 0 Å². The number of rotatable bonds is 3. The Bertz CT molecular complexity index is 295. The van der Waals surface area contributed by atoms with Crippen molar-refractivity contribution < 1.29 is 4.84 Å². The van der Waals surface area contributed by atoms with Crippen LogP contribution in [0.2, 0.25) is 0 Å². The number of H-pyrrole nitrogens is 1. The van der Waals surface area contributed by atoms with Crippen molar-refractivity contribution >= 4 is 5.71 Å². The monoisotopic (exact) mass is 163 g/mol. The first-order valence-electron chi connectivity index (χ1n) is 3.44. The summed E-state index contributed by atoms with van der Waals surface area (Å²) < 4.78 is 0. The fraction of sp³-hybridized carbons (Fsp3) is 0.250. The second-order valence-electron chi connectivity index (χ2n) is 2.12. The van der Waals surface area contributed by atoms with Crippen LogP contribution >= 0.6 is 0 Å². The number of aromatic nitrogens is 2. The number of nitrogens with one attached hydrogen (secondary N) is 1. The van der Waals surface area contributed by atoms with Crippen molar-refractivity contribution in [2.24, 2.45) is 5.16 Å². The summed E-state index contributed by atoms with van der Waals surface area (Å²) in [6, 6.07) is 1.80. The molecule has 0 saturated carbocycles. The average Bonchev–Trinajstić information content (AvgIpc) is 2.56. The maximum atomic E-state index is 4.97. The van der Waals surface area contributed by atoms with Crippen LogP contribution in [0.5, 0.6) is 0 Å². The first-order chi connectivity index (χ1) is 5.84. The van der Waals surface area contributed by atoms with E-state index >= 15 is 0 Å². The SMILES string of the molecule is C#CCO/N=C(\C)c1ccn[nH]1. The molecule has 12 heavy (non-hydrogen) atoms. The van der Waals surface area contributed by atoms with Crippen LogP contribution in [0, 0.1) is 12.3 Å². The van der Waals surface area contributed by atoms with E-state index in [2.05, 4.69) is 21.3 Å². The molecule has 0 aliphatic rings. The van der Waals surface area contributed by atoms with Gasteiger partial charge < -0.3 is 4.84 Å². The first kappa shape index (κ1) is 8.34. The van der Waals surface area contributed by atoms with Gasteiger partial charge in [-0.2, -0.15) is 5.10 Å².